The maximum atomic E-state index is 12.1. The molecular formula is C13H10ClN3O5S. The van der Waals surface area contributed by atoms with E-state index in [9.17, 15) is 19.7 Å². The predicted octanol–water partition coefficient (Wildman–Crippen LogP) is 3.05. The van der Waals surface area contributed by atoms with Gasteiger partial charge in [0.15, 0.2) is 5.13 Å². The number of thiazole rings is 1. The molecule has 1 amide bonds. The SMILES string of the molecule is COC(=O)c1sc(NC(=O)c2ccc([N+](=O)[O-])c(Cl)c2)nc1C. The van der Waals surface area contributed by atoms with Gasteiger partial charge in [-0.3, -0.25) is 20.2 Å². The van der Waals surface area contributed by atoms with Gasteiger partial charge in [-0.15, -0.1) is 0 Å². The molecule has 0 saturated carbocycles. The predicted molar refractivity (Wildman–Crippen MR) is 84.3 cm³/mol. The number of methoxy groups -OCH3 is 1. The van der Waals surface area contributed by atoms with Crippen LogP contribution in [-0.2, 0) is 4.74 Å². The number of hydrogen-bond donors (Lipinski definition) is 1. The third-order valence-corrected chi connectivity index (χ3v) is 4.15. The second kappa shape index (κ2) is 6.71. The van der Waals surface area contributed by atoms with Crippen LogP contribution < -0.4 is 5.32 Å². The molecule has 0 fully saturated rings. The molecule has 2 aromatic rings. The molecule has 0 unspecified atom stereocenters. The van der Waals surface area contributed by atoms with Crippen molar-refractivity contribution >= 4 is 45.6 Å². The number of benzene rings is 1. The first-order chi connectivity index (χ1) is 10.8. The molecule has 0 bridgehead atoms. The van der Waals surface area contributed by atoms with E-state index in [0.717, 1.165) is 17.4 Å². The molecule has 23 heavy (non-hydrogen) atoms. The van der Waals surface area contributed by atoms with Crippen LogP contribution in [0.5, 0.6) is 0 Å². The number of halogens is 1. The molecule has 120 valence electrons. The maximum Gasteiger partial charge on any atom is 0.350 e. The van der Waals surface area contributed by atoms with E-state index in [-0.39, 0.29) is 26.3 Å². The molecular weight excluding hydrogens is 346 g/mol. The van der Waals surface area contributed by atoms with Crippen LogP contribution in [0.1, 0.15) is 25.7 Å². The normalized spacial score (nSPS) is 10.2. The second-order valence-corrected chi connectivity index (χ2v) is 5.71. The van der Waals surface area contributed by atoms with Gasteiger partial charge in [-0.25, -0.2) is 9.78 Å². The van der Waals surface area contributed by atoms with E-state index >= 15 is 0 Å². The highest BCUT2D eigenvalue weighted by Crippen LogP contribution is 2.27. The first-order valence-corrected chi connectivity index (χ1v) is 7.34. The fourth-order valence-corrected chi connectivity index (χ4v) is 2.83. The van der Waals surface area contributed by atoms with Crippen LogP contribution >= 0.6 is 22.9 Å². The Kier molecular flexibility index (Phi) is 4.92. The standard InChI is InChI=1S/C13H10ClN3O5S/c1-6-10(12(19)22-2)23-13(15-6)16-11(18)7-3-4-9(17(20)21)8(14)5-7/h3-5H,1-2H3,(H,15,16,18). The van der Waals surface area contributed by atoms with Gasteiger partial charge in [0.2, 0.25) is 0 Å². The molecule has 10 heteroatoms. The summed E-state index contributed by atoms with van der Waals surface area (Å²) in [6.07, 6.45) is 0. The number of carbonyl (C=O) groups excluding carboxylic acids is 2. The smallest absolute Gasteiger partial charge is 0.350 e. The number of esters is 1. The Morgan fingerprint density at radius 2 is 2.13 bits per heavy atom. The minimum absolute atomic E-state index is 0.132. The van der Waals surface area contributed by atoms with E-state index in [1.165, 1.54) is 19.2 Å². The van der Waals surface area contributed by atoms with Crippen LogP contribution in [0.4, 0.5) is 10.8 Å². The summed E-state index contributed by atoms with van der Waals surface area (Å²) >= 11 is 6.73. The second-order valence-electron chi connectivity index (χ2n) is 4.30. The number of aromatic nitrogens is 1. The summed E-state index contributed by atoms with van der Waals surface area (Å²) in [6.45, 7) is 1.61. The number of nitro benzene ring substituents is 1. The van der Waals surface area contributed by atoms with E-state index in [1.807, 2.05) is 0 Å². The zero-order chi connectivity index (χ0) is 17.1. The number of nitro groups is 1. The lowest BCUT2D eigenvalue weighted by Gasteiger charge is -2.02. The highest BCUT2D eigenvalue weighted by molar-refractivity contribution is 7.17. The summed E-state index contributed by atoms with van der Waals surface area (Å²) in [5.41, 5.74) is 0.272. The summed E-state index contributed by atoms with van der Waals surface area (Å²) < 4.78 is 4.61. The first-order valence-electron chi connectivity index (χ1n) is 6.14. The van der Waals surface area contributed by atoms with Crippen molar-refractivity contribution in [2.75, 3.05) is 12.4 Å². The number of nitrogens with one attached hydrogen (secondary N) is 1. The van der Waals surface area contributed by atoms with E-state index < -0.39 is 16.8 Å². The number of ether oxygens (including phenoxy) is 1. The lowest BCUT2D eigenvalue weighted by atomic mass is 10.2. The Morgan fingerprint density at radius 3 is 2.70 bits per heavy atom. The molecule has 0 saturated heterocycles. The molecule has 1 aromatic carbocycles. The van der Waals surface area contributed by atoms with Gasteiger partial charge in [0.1, 0.15) is 9.90 Å². The van der Waals surface area contributed by atoms with E-state index in [2.05, 4.69) is 15.0 Å². The number of nitrogens with zero attached hydrogens (tertiary/aromatic N) is 2. The van der Waals surface area contributed by atoms with Crippen LogP contribution in [0.3, 0.4) is 0 Å². The highest BCUT2D eigenvalue weighted by Gasteiger charge is 2.19. The summed E-state index contributed by atoms with van der Waals surface area (Å²) in [4.78, 5) is 38.0. The number of carbonyl (C=O) groups is 2. The van der Waals surface area contributed by atoms with Gasteiger partial charge < -0.3 is 4.74 Å². The number of amides is 1. The largest absolute Gasteiger partial charge is 0.465 e. The molecule has 0 spiro atoms. The molecule has 0 aliphatic carbocycles. The van der Waals surface area contributed by atoms with Gasteiger partial charge in [-0.05, 0) is 19.1 Å². The summed E-state index contributed by atoms with van der Waals surface area (Å²) in [6, 6.07) is 3.61. The van der Waals surface area contributed by atoms with Crippen LogP contribution in [-0.4, -0.2) is 28.9 Å². The number of anilines is 1. The topological polar surface area (TPSA) is 111 Å². The highest BCUT2D eigenvalue weighted by atomic mass is 35.5. The van der Waals surface area contributed by atoms with Crippen molar-refractivity contribution in [3.8, 4) is 0 Å². The van der Waals surface area contributed by atoms with Gasteiger partial charge in [0.05, 0.1) is 17.7 Å². The van der Waals surface area contributed by atoms with Crippen molar-refractivity contribution in [1.82, 2.24) is 4.98 Å². The van der Waals surface area contributed by atoms with Crippen LogP contribution in [0.25, 0.3) is 0 Å². The van der Waals surface area contributed by atoms with E-state index in [1.54, 1.807) is 6.92 Å². The molecule has 1 N–H and O–H groups in total. The Balaban J connectivity index is 2.21. The van der Waals surface area contributed by atoms with Gasteiger partial charge in [-0.1, -0.05) is 22.9 Å². The van der Waals surface area contributed by atoms with Gasteiger partial charge >= 0.3 is 5.97 Å². The van der Waals surface area contributed by atoms with Gasteiger partial charge in [-0.2, -0.15) is 0 Å². The average molecular weight is 356 g/mol. The lowest BCUT2D eigenvalue weighted by Crippen LogP contribution is -2.11. The zero-order valence-corrected chi connectivity index (χ0v) is 13.5. The first kappa shape index (κ1) is 16.8. The monoisotopic (exact) mass is 355 g/mol. The number of rotatable bonds is 4. The number of hydrogen-bond acceptors (Lipinski definition) is 7. The Bertz CT molecular complexity index is 805. The van der Waals surface area contributed by atoms with Crippen molar-refractivity contribution < 1.29 is 19.2 Å². The van der Waals surface area contributed by atoms with Crippen molar-refractivity contribution in [1.29, 1.82) is 0 Å². The van der Waals surface area contributed by atoms with Crippen molar-refractivity contribution in [2.24, 2.45) is 0 Å². The minimum Gasteiger partial charge on any atom is -0.465 e. The Morgan fingerprint density at radius 1 is 1.43 bits per heavy atom. The van der Waals surface area contributed by atoms with Crippen molar-refractivity contribution in [2.45, 2.75) is 6.92 Å². The van der Waals surface area contributed by atoms with Gasteiger partial charge in [0.25, 0.3) is 11.6 Å². The average Bonchev–Trinajstić information content (AvgIpc) is 2.86. The minimum atomic E-state index is -0.642. The van der Waals surface area contributed by atoms with Crippen LogP contribution in [0.15, 0.2) is 18.2 Å². The Labute approximate surface area is 139 Å². The molecule has 0 aliphatic rings. The number of aryl methyl sites for hydroxylation is 1. The van der Waals surface area contributed by atoms with E-state index in [4.69, 9.17) is 11.6 Å². The quantitative estimate of drug-likeness (QED) is 0.512. The van der Waals surface area contributed by atoms with Crippen molar-refractivity contribution in [3.05, 3.63) is 49.5 Å². The third-order valence-electron chi connectivity index (χ3n) is 2.79. The third kappa shape index (κ3) is 3.63. The lowest BCUT2D eigenvalue weighted by molar-refractivity contribution is -0.384. The maximum absolute atomic E-state index is 12.1. The zero-order valence-electron chi connectivity index (χ0n) is 12.0. The molecule has 0 radical (unpaired) electrons. The van der Waals surface area contributed by atoms with Crippen LogP contribution in [0.2, 0.25) is 5.02 Å². The molecule has 2 rings (SSSR count). The molecule has 0 atom stereocenters. The summed E-state index contributed by atoms with van der Waals surface area (Å²) in [5, 5.41) is 13.3. The summed E-state index contributed by atoms with van der Waals surface area (Å²) in [5.74, 6) is -1.09. The fourth-order valence-electron chi connectivity index (χ4n) is 1.70. The molecule has 8 nitrogen and oxygen atoms in total. The fraction of sp³-hybridized carbons (Fsp3) is 0.154. The van der Waals surface area contributed by atoms with Crippen molar-refractivity contribution in [3.63, 3.8) is 0 Å². The Hall–Kier alpha value is -2.52. The molecule has 0 aliphatic heterocycles. The molecule has 1 aromatic heterocycles. The van der Waals surface area contributed by atoms with E-state index in [0.29, 0.717) is 5.69 Å². The summed E-state index contributed by atoms with van der Waals surface area (Å²) in [7, 11) is 1.25. The molecule has 1 heterocycles. The van der Waals surface area contributed by atoms with Gasteiger partial charge in [0, 0.05) is 11.6 Å². The van der Waals surface area contributed by atoms with Crippen LogP contribution in [0, 0.1) is 17.0 Å².